The molecule has 31 heavy (non-hydrogen) atoms. The number of likely N-dealkylation sites (N-methyl/N-ethyl adjacent to an activating group) is 1. The number of amides is 1. The summed E-state index contributed by atoms with van der Waals surface area (Å²) in [5, 5.41) is 0.897. The number of benzene rings is 2. The second-order valence-electron chi connectivity index (χ2n) is 7.54. The average Bonchev–Trinajstić information content (AvgIpc) is 3.27. The zero-order chi connectivity index (χ0) is 21.8. The lowest BCUT2D eigenvalue weighted by atomic mass is 10.1. The second kappa shape index (κ2) is 9.04. The number of hydrogen-bond donors (Lipinski definition) is 0. The Kier molecular flexibility index (Phi) is 6.02. The number of nitrogens with zero attached hydrogens (tertiary/aromatic N) is 1. The number of rotatable bonds is 7. The first-order valence-electron chi connectivity index (χ1n) is 10.2. The van der Waals surface area contributed by atoms with Crippen molar-refractivity contribution in [3.8, 4) is 5.75 Å². The number of ether oxygens (including phenoxy) is 2. The van der Waals surface area contributed by atoms with Gasteiger partial charge in [-0.15, -0.1) is 0 Å². The van der Waals surface area contributed by atoms with E-state index < -0.39 is 5.97 Å². The fourth-order valence-corrected chi connectivity index (χ4v) is 3.74. The maximum atomic E-state index is 12.2. The molecule has 3 aromatic rings. The van der Waals surface area contributed by atoms with Gasteiger partial charge in [-0.1, -0.05) is 30.3 Å². The first-order valence-corrected chi connectivity index (χ1v) is 10.2. The number of aryl methyl sites for hydroxylation is 1. The van der Waals surface area contributed by atoms with Crippen LogP contribution in [0.25, 0.3) is 11.0 Å². The van der Waals surface area contributed by atoms with E-state index in [0.717, 1.165) is 41.3 Å². The quantitative estimate of drug-likeness (QED) is 0.431. The summed E-state index contributed by atoms with van der Waals surface area (Å²) >= 11 is 0. The van der Waals surface area contributed by atoms with Crippen molar-refractivity contribution >= 4 is 22.8 Å². The Hall–Kier alpha value is -3.61. The molecule has 2 aromatic carbocycles. The molecule has 0 unspecified atom stereocenters. The largest absolute Gasteiger partial charge is 0.482 e. The van der Waals surface area contributed by atoms with Gasteiger partial charge < -0.3 is 18.8 Å². The fourth-order valence-electron chi connectivity index (χ4n) is 3.74. The van der Waals surface area contributed by atoms with Crippen molar-refractivity contribution in [3.05, 3.63) is 75.6 Å². The maximum Gasteiger partial charge on any atom is 0.344 e. The Morgan fingerprint density at radius 1 is 1.03 bits per heavy atom. The van der Waals surface area contributed by atoms with Crippen molar-refractivity contribution in [1.82, 2.24) is 4.90 Å². The molecule has 0 radical (unpaired) electrons. The van der Waals surface area contributed by atoms with Crippen LogP contribution in [0.1, 0.15) is 23.1 Å². The average molecular weight is 421 g/mol. The van der Waals surface area contributed by atoms with Crippen LogP contribution in [0, 0.1) is 0 Å². The van der Waals surface area contributed by atoms with E-state index in [1.165, 1.54) is 4.90 Å². The van der Waals surface area contributed by atoms with Crippen LogP contribution < -0.4 is 10.4 Å². The van der Waals surface area contributed by atoms with Gasteiger partial charge in [0.2, 0.25) is 0 Å². The summed E-state index contributed by atoms with van der Waals surface area (Å²) in [4.78, 5) is 37.7. The Morgan fingerprint density at radius 3 is 2.61 bits per heavy atom. The molecule has 0 saturated carbocycles. The minimum atomic E-state index is -0.656. The molecule has 0 bridgehead atoms. The van der Waals surface area contributed by atoms with E-state index in [9.17, 15) is 14.4 Å². The molecule has 0 saturated heterocycles. The minimum Gasteiger partial charge on any atom is -0.482 e. The smallest absolute Gasteiger partial charge is 0.344 e. The van der Waals surface area contributed by atoms with Gasteiger partial charge in [-0.05, 0) is 42.5 Å². The number of hydrogen-bond acceptors (Lipinski definition) is 6. The molecule has 1 amide bonds. The molecule has 1 heterocycles. The molecule has 160 valence electrons. The first-order chi connectivity index (χ1) is 15.0. The molecular formula is C24H23NO6. The fraction of sp³-hybridized carbons (Fsp3) is 0.292. The Balaban J connectivity index is 1.29. The molecule has 0 atom stereocenters. The van der Waals surface area contributed by atoms with E-state index in [1.54, 1.807) is 19.2 Å². The normalized spacial score (nSPS) is 12.4. The van der Waals surface area contributed by atoms with Crippen molar-refractivity contribution in [2.24, 2.45) is 0 Å². The predicted octanol–water partition coefficient (Wildman–Crippen LogP) is 2.86. The number of fused-ring (bicyclic) bond motifs is 3. The zero-order valence-electron chi connectivity index (χ0n) is 17.3. The SMILES string of the molecule is CN(Cc1ccccc1)C(=O)COC(=O)COc1ccc2c3c(c(=O)oc2c1)CCC3. The van der Waals surface area contributed by atoms with Crippen molar-refractivity contribution in [1.29, 1.82) is 0 Å². The van der Waals surface area contributed by atoms with Crippen molar-refractivity contribution in [2.75, 3.05) is 20.3 Å². The summed E-state index contributed by atoms with van der Waals surface area (Å²) in [5.41, 5.74) is 2.91. The van der Waals surface area contributed by atoms with E-state index in [4.69, 9.17) is 13.9 Å². The molecule has 1 aliphatic rings. The number of carbonyl (C=O) groups is 2. The van der Waals surface area contributed by atoms with Crippen LogP contribution >= 0.6 is 0 Å². The van der Waals surface area contributed by atoms with Crippen LogP contribution in [-0.4, -0.2) is 37.0 Å². The highest BCUT2D eigenvalue weighted by Crippen LogP contribution is 2.29. The van der Waals surface area contributed by atoms with E-state index in [2.05, 4.69) is 0 Å². The van der Waals surface area contributed by atoms with Gasteiger partial charge >= 0.3 is 11.6 Å². The molecule has 0 fully saturated rings. The van der Waals surface area contributed by atoms with Gasteiger partial charge in [0.1, 0.15) is 11.3 Å². The first kappa shape index (κ1) is 20.7. The van der Waals surface area contributed by atoms with E-state index >= 15 is 0 Å². The molecule has 1 aliphatic carbocycles. The van der Waals surface area contributed by atoms with Crippen LogP contribution in [0.3, 0.4) is 0 Å². The van der Waals surface area contributed by atoms with Crippen LogP contribution in [0.15, 0.2) is 57.7 Å². The molecular weight excluding hydrogens is 398 g/mol. The Labute approximate surface area is 179 Å². The van der Waals surface area contributed by atoms with Gasteiger partial charge in [0.25, 0.3) is 5.91 Å². The van der Waals surface area contributed by atoms with Crippen LogP contribution in [-0.2, 0) is 33.7 Å². The Bertz CT molecular complexity index is 1170. The van der Waals surface area contributed by atoms with E-state index in [0.29, 0.717) is 17.9 Å². The molecule has 0 N–H and O–H groups in total. The van der Waals surface area contributed by atoms with E-state index in [-0.39, 0.29) is 24.7 Å². The Morgan fingerprint density at radius 2 is 1.81 bits per heavy atom. The third-order valence-electron chi connectivity index (χ3n) is 5.35. The summed E-state index contributed by atoms with van der Waals surface area (Å²) in [6.45, 7) is -0.277. The minimum absolute atomic E-state index is 0.307. The lowest BCUT2D eigenvalue weighted by Gasteiger charge is -2.17. The summed E-state index contributed by atoms with van der Waals surface area (Å²) < 4.78 is 15.9. The summed E-state index contributed by atoms with van der Waals surface area (Å²) in [7, 11) is 1.65. The standard InChI is InChI=1S/C24H23NO6/c1-25(13-16-6-3-2-4-7-16)22(26)14-30-23(27)15-29-17-10-11-19-18-8-5-9-20(18)24(28)31-21(19)12-17/h2-4,6-7,10-12H,5,8-9,13-15H2,1H3. The third-order valence-corrected chi connectivity index (χ3v) is 5.35. The molecule has 7 nitrogen and oxygen atoms in total. The van der Waals surface area contributed by atoms with Crippen molar-refractivity contribution in [2.45, 2.75) is 25.8 Å². The third kappa shape index (κ3) is 4.77. The van der Waals surface area contributed by atoms with Gasteiger partial charge in [-0.3, -0.25) is 4.79 Å². The second-order valence-corrected chi connectivity index (χ2v) is 7.54. The van der Waals surface area contributed by atoms with Crippen molar-refractivity contribution in [3.63, 3.8) is 0 Å². The summed E-state index contributed by atoms with van der Waals surface area (Å²) in [6.07, 6.45) is 2.55. The van der Waals surface area contributed by atoms with Crippen molar-refractivity contribution < 1.29 is 23.5 Å². The summed E-state index contributed by atoms with van der Waals surface area (Å²) in [5.74, 6) is -0.575. The monoisotopic (exact) mass is 421 g/mol. The molecule has 0 spiro atoms. The van der Waals surface area contributed by atoms with Crippen LogP contribution in [0.2, 0.25) is 0 Å². The molecule has 7 heteroatoms. The van der Waals surface area contributed by atoms with Gasteiger partial charge in [0, 0.05) is 30.6 Å². The molecule has 0 aliphatic heterocycles. The molecule has 1 aromatic heterocycles. The molecule has 4 rings (SSSR count). The van der Waals surface area contributed by atoms with Crippen LogP contribution in [0.5, 0.6) is 5.75 Å². The lowest BCUT2D eigenvalue weighted by molar-refractivity contribution is -0.153. The predicted molar refractivity (Wildman–Crippen MR) is 114 cm³/mol. The number of esters is 1. The van der Waals surface area contributed by atoms with Crippen LogP contribution in [0.4, 0.5) is 0 Å². The summed E-state index contributed by atoms with van der Waals surface area (Å²) in [6, 6.07) is 14.7. The van der Waals surface area contributed by atoms with Gasteiger partial charge in [-0.25, -0.2) is 9.59 Å². The highest BCUT2D eigenvalue weighted by atomic mass is 16.6. The number of carbonyl (C=O) groups excluding carboxylic acids is 2. The lowest BCUT2D eigenvalue weighted by Crippen LogP contribution is -2.31. The maximum absolute atomic E-state index is 12.2. The van der Waals surface area contributed by atoms with Gasteiger partial charge in [0.05, 0.1) is 0 Å². The van der Waals surface area contributed by atoms with Gasteiger partial charge in [-0.2, -0.15) is 0 Å². The zero-order valence-corrected chi connectivity index (χ0v) is 17.3. The van der Waals surface area contributed by atoms with Gasteiger partial charge in [0.15, 0.2) is 13.2 Å². The highest BCUT2D eigenvalue weighted by Gasteiger charge is 2.20. The highest BCUT2D eigenvalue weighted by molar-refractivity contribution is 5.83. The van der Waals surface area contributed by atoms with E-state index in [1.807, 2.05) is 36.4 Å². The topological polar surface area (TPSA) is 86.0 Å².